The van der Waals surface area contributed by atoms with Crippen molar-refractivity contribution >= 4 is 5.91 Å². The van der Waals surface area contributed by atoms with E-state index in [1.807, 2.05) is 18.7 Å². The zero-order valence-electron chi connectivity index (χ0n) is 12.8. The molecule has 1 aliphatic carbocycles. The van der Waals surface area contributed by atoms with Gasteiger partial charge in [0.05, 0.1) is 12.6 Å². The molecule has 1 unspecified atom stereocenters. The van der Waals surface area contributed by atoms with Crippen molar-refractivity contribution in [3.8, 4) is 0 Å². The van der Waals surface area contributed by atoms with Crippen molar-refractivity contribution in [2.75, 3.05) is 26.8 Å². The topological polar surface area (TPSA) is 55.6 Å². The molecule has 1 rings (SSSR count). The van der Waals surface area contributed by atoms with Crippen LogP contribution in [0.3, 0.4) is 0 Å². The normalized spacial score (nSPS) is 20.0. The fourth-order valence-corrected chi connectivity index (χ4v) is 3.24. The molecule has 0 saturated heterocycles. The van der Waals surface area contributed by atoms with Crippen LogP contribution >= 0.6 is 0 Å². The van der Waals surface area contributed by atoms with E-state index in [4.69, 9.17) is 10.5 Å². The van der Waals surface area contributed by atoms with Crippen molar-refractivity contribution in [1.82, 2.24) is 4.90 Å². The van der Waals surface area contributed by atoms with E-state index >= 15 is 0 Å². The van der Waals surface area contributed by atoms with Gasteiger partial charge in [-0.25, -0.2) is 0 Å². The maximum atomic E-state index is 12.5. The van der Waals surface area contributed by atoms with Crippen LogP contribution in [0.4, 0.5) is 0 Å². The molecule has 1 atom stereocenters. The van der Waals surface area contributed by atoms with E-state index in [2.05, 4.69) is 0 Å². The smallest absolute Gasteiger partial charge is 0.223 e. The Morgan fingerprint density at radius 2 is 2.00 bits per heavy atom. The molecule has 0 aliphatic heterocycles. The van der Waals surface area contributed by atoms with E-state index in [1.165, 1.54) is 19.3 Å². The maximum Gasteiger partial charge on any atom is 0.223 e. The highest BCUT2D eigenvalue weighted by Crippen LogP contribution is 2.38. The van der Waals surface area contributed by atoms with Gasteiger partial charge in [0.2, 0.25) is 5.91 Å². The van der Waals surface area contributed by atoms with Gasteiger partial charge in [-0.1, -0.05) is 19.3 Å². The first-order chi connectivity index (χ1) is 9.08. The number of carbonyl (C=O) groups is 1. The summed E-state index contributed by atoms with van der Waals surface area (Å²) in [5.41, 5.74) is 6.02. The van der Waals surface area contributed by atoms with Crippen LogP contribution in [-0.4, -0.2) is 43.7 Å². The molecule has 112 valence electrons. The van der Waals surface area contributed by atoms with Gasteiger partial charge >= 0.3 is 0 Å². The Labute approximate surface area is 117 Å². The SMILES string of the molecule is CCN(C(=O)CC1(CN)CCCCC1)C(C)COC. The summed E-state index contributed by atoms with van der Waals surface area (Å²) in [6, 6.07) is 0.140. The lowest BCUT2D eigenvalue weighted by atomic mass is 9.71. The second kappa shape index (κ2) is 7.85. The highest BCUT2D eigenvalue weighted by atomic mass is 16.5. The third-order valence-electron chi connectivity index (χ3n) is 4.47. The zero-order chi connectivity index (χ0) is 14.3. The largest absolute Gasteiger partial charge is 0.383 e. The Hall–Kier alpha value is -0.610. The van der Waals surface area contributed by atoms with E-state index < -0.39 is 0 Å². The van der Waals surface area contributed by atoms with Crippen LogP contribution in [-0.2, 0) is 9.53 Å². The number of hydrogen-bond donors (Lipinski definition) is 1. The van der Waals surface area contributed by atoms with Crippen LogP contribution in [0.1, 0.15) is 52.4 Å². The summed E-state index contributed by atoms with van der Waals surface area (Å²) in [5, 5.41) is 0. The van der Waals surface area contributed by atoms with E-state index in [-0.39, 0.29) is 17.4 Å². The number of rotatable bonds is 7. The van der Waals surface area contributed by atoms with Gasteiger partial charge in [-0.05, 0) is 38.6 Å². The minimum Gasteiger partial charge on any atom is -0.383 e. The van der Waals surface area contributed by atoms with Crippen molar-refractivity contribution in [2.24, 2.45) is 11.1 Å². The first-order valence-corrected chi connectivity index (χ1v) is 7.57. The third-order valence-corrected chi connectivity index (χ3v) is 4.47. The molecule has 4 nitrogen and oxygen atoms in total. The molecule has 0 radical (unpaired) electrons. The monoisotopic (exact) mass is 270 g/mol. The predicted molar refractivity (Wildman–Crippen MR) is 77.9 cm³/mol. The fraction of sp³-hybridized carbons (Fsp3) is 0.933. The van der Waals surface area contributed by atoms with Crippen molar-refractivity contribution < 1.29 is 9.53 Å². The zero-order valence-corrected chi connectivity index (χ0v) is 12.8. The van der Waals surface area contributed by atoms with Crippen LogP contribution in [0, 0.1) is 5.41 Å². The van der Waals surface area contributed by atoms with Gasteiger partial charge in [-0.2, -0.15) is 0 Å². The quantitative estimate of drug-likeness (QED) is 0.771. The number of nitrogens with two attached hydrogens (primary N) is 1. The maximum absolute atomic E-state index is 12.5. The molecule has 0 bridgehead atoms. The third kappa shape index (κ3) is 4.46. The summed E-state index contributed by atoms with van der Waals surface area (Å²) in [5.74, 6) is 0.236. The number of amides is 1. The summed E-state index contributed by atoms with van der Waals surface area (Å²) >= 11 is 0. The Kier molecular flexibility index (Phi) is 6.80. The molecule has 0 aromatic heterocycles. The lowest BCUT2D eigenvalue weighted by Gasteiger charge is -2.38. The summed E-state index contributed by atoms with van der Waals surface area (Å²) in [6.07, 6.45) is 6.52. The average molecular weight is 270 g/mol. The lowest BCUT2D eigenvalue weighted by molar-refractivity contribution is -0.137. The molecule has 1 amide bonds. The van der Waals surface area contributed by atoms with Gasteiger partial charge in [0.1, 0.15) is 0 Å². The molecule has 19 heavy (non-hydrogen) atoms. The number of likely N-dealkylation sites (N-methyl/N-ethyl adjacent to an activating group) is 1. The summed E-state index contributed by atoms with van der Waals surface area (Å²) < 4.78 is 5.16. The van der Waals surface area contributed by atoms with Crippen LogP contribution in [0.15, 0.2) is 0 Å². The van der Waals surface area contributed by atoms with E-state index in [9.17, 15) is 4.79 Å². The van der Waals surface area contributed by atoms with Crippen LogP contribution < -0.4 is 5.73 Å². The van der Waals surface area contributed by atoms with Crippen LogP contribution in [0.5, 0.6) is 0 Å². The van der Waals surface area contributed by atoms with E-state index in [0.29, 0.717) is 19.6 Å². The van der Waals surface area contributed by atoms with Crippen molar-refractivity contribution in [1.29, 1.82) is 0 Å². The Balaban J connectivity index is 2.64. The van der Waals surface area contributed by atoms with Gasteiger partial charge in [0, 0.05) is 20.1 Å². The minimum atomic E-state index is 0.0511. The van der Waals surface area contributed by atoms with Gasteiger partial charge in [0.15, 0.2) is 0 Å². The van der Waals surface area contributed by atoms with Gasteiger partial charge in [-0.3, -0.25) is 4.79 Å². The van der Waals surface area contributed by atoms with Crippen LogP contribution in [0.25, 0.3) is 0 Å². The first kappa shape index (κ1) is 16.4. The Bertz CT molecular complexity index is 275. The predicted octanol–water partition coefficient (Wildman–Crippen LogP) is 2.17. The number of nitrogens with zero attached hydrogens (tertiary/aromatic N) is 1. The summed E-state index contributed by atoms with van der Waals surface area (Å²) in [6.45, 7) is 6.04. The highest BCUT2D eigenvalue weighted by Gasteiger charge is 2.34. The molecule has 1 aliphatic rings. The van der Waals surface area contributed by atoms with E-state index in [0.717, 1.165) is 19.4 Å². The fourth-order valence-electron chi connectivity index (χ4n) is 3.24. The van der Waals surface area contributed by atoms with Crippen molar-refractivity contribution in [2.45, 2.75) is 58.4 Å². The van der Waals surface area contributed by atoms with Crippen LogP contribution in [0.2, 0.25) is 0 Å². The van der Waals surface area contributed by atoms with Crippen molar-refractivity contribution in [3.05, 3.63) is 0 Å². The number of methoxy groups -OCH3 is 1. The molecule has 2 N–H and O–H groups in total. The number of carbonyl (C=O) groups excluding carboxylic acids is 1. The summed E-state index contributed by atoms with van der Waals surface area (Å²) in [7, 11) is 1.68. The molecule has 0 spiro atoms. The highest BCUT2D eigenvalue weighted by molar-refractivity contribution is 5.77. The molecule has 0 heterocycles. The number of ether oxygens (including phenoxy) is 1. The Morgan fingerprint density at radius 1 is 1.37 bits per heavy atom. The first-order valence-electron chi connectivity index (χ1n) is 7.57. The molecule has 0 aromatic rings. The van der Waals surface area contributed by atoms with E-state index in [1.54, 1.807) is 7.11 Å². The number of hydrogen-bond acceptors (Lipinski definition) is 3. The average Bonchev–Trinajstić information content (AvgIpc) is 2.41. The molecule has 1 fully saturated rings. The minimum absolute atomic E-state index is 0.0511. The Morgan fingerprint density at radius 3 is 2.47 bits per heavy atom. The standard InChI is InChI=1S/C15H30N2O2/c1-4-17(13(2)11-19-3)14(18)10-15(12-16)8-6-5-7-9-15/h13H,4-12,16H2,1-3H3. The molecular weight excluding hydrogens is 240 g/mol. The van der Waals surface area contributed by atoms with Crippen molar-refractivity contribution in [3.63, 3.8) is 0 Å². The molecule has 1 saturated carbocycles. The van der Waals surface area contributed by atoms with Gasteiger partial charge in [-0.15, -0.1) is 0 Å². The van der Waals surface area contributed by atoms with Gasteiger partial charge < -0.3 is 15.4 Å². The lowest BCUT2D eigenvalue weighted by Crippen LogP contribution is -2.45. The second-order valence-corrected chi connectivity index (χ2v) is 5.93. The molecular formula is C15H30N2O2. The molecule has 4 heteroatoms. The second-order valence-electron chi connectivity index (χ2n) is 5.93. The summed E-state index contributed by atoms with van der Waals surface area (Å²) in [4.78, 5) is 14.5. The van der Waals surface area contributed by atoms with Gasteiger partial charge in [0.25, 0.3) is 0 Å². The molecule has 0 aromatic carbocycles.